The Kier molecular flexibility index (Phi) is 2.18. The van der Waals surface area contributed by atoms with E-state index in [9.17, 15) is 13.2 Å². The third-order valence-electron chi connectivity index (χ3n) is 1.67. The van der Waals surface area contributed by atoms with E-state index in [1.807, 2.05) is 0 Å². The second kappa shape index (κ2) is 3.38. The Morgan fingerprint density at radius 2 is 2.07 bits per heavy atom. The van der Waals surface area contributed by atoms with Gasteiger partial charge >= 0.3 is 6.36 Å². The molecule has 0 aliphatic heterocycles. The van der Waals surface area contributed by atoms with Gasteiger partial charge in [-0.1, -0.05) is 0 Å². The van der Waals surface area contributed by atoms with Gasteiger partial charge in [-0.3, -0.25) is 0 Å². The summed E-state index contributed by atoms with van der Waals surface area (Å²) >= 11 is 0. The van der Waals surface area contributed by atoms with E-state index in [1.54, 1.807) is 0 Å². The molecule has 77 valence electrons. The molecule has 1 aromatic carbocycles. The molecule has 1 radical (unpaired) electrons. The zero-order valence-electron chi connectivity index (χ0n) is 7.25. The van der Waals surface area contributed by atoms with Crippen LogP contribution in [-0.4, -0.2) is 16.3 Å². The first-order valence-corrected chi connectivity index (χ1v) is 3.93. The molecule has 0 amide bonds. The van der Waals surface area contributed by atoms with Gasteiger partial charge in [0.1, 0.15) is 5.75 Å². The Hall–Kier alpha value is -1.85. The summed E-state index contributed by atoms with van der Waals surface area (Å²) in [5.41, 5.74) is 0.353. The maximum Gasteiger partial charge on any atom is 0.573 e. The quantitative estimate of drug-likeness (QED) is 0.729. The highest BCUT2D eigenvalue weighted by molar-refractivity contribution is 5.78. The van der Waals surface area contributed by atoms with Gasteiger partial charge < -0.3 is 4.74 Å². The standard InChI is InChI=1S/C9H4F3N2O/c10-9(11,12)15-7-2-1-6-4-13-5-14-8(6)3-7/h1-4H. The fourth-order valence-electron chi connectivity index (χ4n) is 1.11. The number of hydrogen-bond acceptors (Lipinski definition) is 3. The van der Waals surface area contributed by atoms with Crippen molar-refractivity contribution in [2.75, 3.05) is 0 Å². The predicted octanol–water partition coefficient (Wildman–Crippen LogP) is 2.33. The van der Waals surface area contributed by atoms with Gasteiger partial charge in [0, 0.05) is 17.6 Å². The highest BCUT2D eigenvalue weighted by atomic mass is 19.4. The first-order chi connectivity index (χ1) is 7.04. The summed E-state index contributed by atoms with van der Waals surface area (Å²) in [5.74, 6) is -0.304. The van der Waals surface area contributed by atoms with Gasteiger partial charge in [-0.2, -0.15) is 0 Å². The smallest absolute Gasteiger partial charge is 0.406 e. The highest BCUT2D eigenvalue weighted by Crippen LogP contribution is 2.24. The fourth-order valence-corrected chi connectivity index (χ4v) is 1.11. The normalized spacial score (nSPS) is 11.7. The van der Waals surface area contributed by atoms with Crippen LogP contribution in [0.15, 0.2) is 24.4 Å². The minimum Gasteiger partial charge on any atom is -0.406 e. The Morgan fingerprint density at radius 3 is 2.80 bits per heavy atom. The van der Waals surface area contributed by atoms with Gasteiger partial charge in [0.2, 0.25) is 0 Å². The van der Waals surface area contributed by atoms with Crippen molar-refractivity contribution in [3.05, 3.63) is 30.7 Å². The van der Waals surface area contributed by atoms with Crippen LogP contribution in [0.2, 0.25) is 0 Å². The summed E-state index contributed by atoms with van der Waals surface area (Å²) in [4.78, 5) is 7.31. The Bertz CT molecular complexity index is 484. The summed E-state index contributed by atoms with van der Waals surface area (Å²) in [6.07, 6.45) is -0.943. The number of aromatic nitrogens is 2. The molecular formula is C9H4F3N2O. The third kappa shape index (κ3) is 2.34. The molecule has 0 fully saturated rings. The van der Waals surface area contributed by atoms with Crippen LogP contribution < -0.4 is 4.74 Å². The summed E-state index contributed by atoms with van der Waals surface area (Å²) in [6.45, 7) is 0. The average molecular weight is 213 g/mol. The van der Waals surface area contributed by atoms with Crippen molar-refractivity contribution in [2.45, 2.75) is 6.36 Å². The summed E-state index contributed by atoms with van der Waals surface area (Å²) in [6, 6.07) is 3.84. The van der Waals surface area contributed by atoms with Crippen molar-refractivity contribution in [3.63, 3.8) is 0 Å². The van der Waals surface area contributed by atoms with E-state index in [0.717, 1.165) is 0 Å². The van der Waals surface area contributed by atoms with Crippen molar-refractivity contribution in [3.8, 4) is 5.75 Å². The van der Waals surface area contributed by atoms with E-state index >= 15 is 0 Å². The summed E-state index contributed by atoms with van der Waals surface area (Å²) in [5, 5.41) is 0.628. The van der Waals surface area contributed by atoms with Crippen LogP contribution >= 0.6 is 0 Å². The Labute approximate surface area is 82.5 Å². The lowest BCUT2D eigenvalue weighted by atomic mass is 10.2. The number of fused-ring (bicyclic) bond motifs is 1. The molecule has 0 spiro atoms. The first kappa shape index (κ1) is 9.70. The van der Waals surface area contributed by atoms with E-state index in [1.165, 1.54) is 24.4 Å². The van der Waals surface area contributed by atoms with Crippen molar-refractivity contribution < 1.29 is 17.9 Å². The third-order valence-corrected chi connectivity index (χ3v) is 1.67. The monoisotopic (exact) mass is 213 g/mol. The van der Waals surface area contributed by atoms with Crippen molar-refractivity contribution >= 4 is 10.9 Å². The lowest BCUT2D eigenvalue weighted by Crippen LogP contribution is -2.17. The van der Waals surface area contributed by atoms with Crippen LogP contribution in [0.25, 0.3) is 10.9 Å². The highest BCUT2D eigenvalue weighted by Gasteiger charge is 2.31. The minimum atomic E-state index is -4.69. The molecule has 3 nitrogen and oxygen atoms in total. The Morgan fingerprint density at radius 1 is 1.27 bits per heavy atom. The van der Waals surface area contributed by atoms with Gasteiger partial charge in [0.25, 0.3) is 0 Å². The van der Waals surface area contributed by atoms with E-state index in [-0.39, 0.29) is 5.75 Å². The first-order valence-electron chi connectivity index (χ1n) is 3.93. The van der Waals surface area contributed by atoms with Crippen molar-refractivity contribution in [1.82, 2.24) is 9.97 Å². The zero-order chi connectivity index (χ0) is 10.9. The largest absolute Gasteiger partial charge is 0.573 e. The second-order valence-electron chi connectivity index (χ2n) is 2.74. The Balaban J connectivity index is 2.39. The van der Waals surface area contributed by atoms with E-state index < -0.39 is 6.36 Å². The molecule has 2 aromatic rings. The SMILES string of the molecule is FC(F)(F)Oc1ccc2cn[c]nc2c1. The molecule has 15 heavy (non-hydrogen) atoms. The molecule has 6 heteroatoms. The molecular weight excluding hydrogens is 209 g/mol. The molecule has 0 N–H and O–H groups in total. The molecule has 1 heterocycles. The topological polar surface area (TPSA) is 35.0 Å². The molecule has 0 aliphatic rings. The van der Waals surface area contributed by atoms with Crippen molar-refractivity contribution in [1.29, 1.82) is 0 Å². The number of alkyl halides is 3. The molecule has 0 aliphatic carbocycles. The number of benzene rings is 1. The number of rotatable bonds is 1. The van der Waals surface area contributed by atoms with Gasteiger partial charge in [0.15, 0.2) is 6.33 Å². The van der Waals surface area contributed by atoms with E-state index in [4.69, 9.17) is 0 Å². The average Bonchev–Trinajstić information content (AvgIpc) is 2.15. The molecule has 0 saturated heterocycles. The molecule has 0 saturated carbocycles. The maximum atomic E-state index is 11.9. The molecule has 0 bridgehead atoms. The van der Waals surface area contributed by atoms with Gasteiger partial charge in [-0.15, -0.1) is 13.2 Å². The predicted molar refractivity (Wildman–Crippen MR) is 45.1 cm³/mol. The van der Waals surface area contributed by atoms with Crippen LogP contribution in [0.5, 0.6) is 5.75 Å². The van der Waals surface area contributed by atoms with Crippen LogP contribution in [0, 0.1) is 6.33 Å². The lowest BCUT2D eigenvalue weighted by molar-refractivity contribution is -0.274. The molecule has 2 rings (SSSR count). The van der Waals surface area contributed by atoms with Crippen LogP contribution in [0.3, 0.4) is 0 Å². The van der Waals surface area contributed by atoms with Crippen LogP contribution in [-0.2, 0) is 0 Å². The number of ether oxygens (including phenoxy) is 1. The zero-order valence-corrected chi connectivity index (χ0v) is 7.25. The van der Waals surface area contributed by atoms with Gasteiger partial charge in [-0.05, 0) is 12.1 Å². The molecule has 1 aromatic heterocycles. The second-order valence-corrected chi connectivity index (χ2v) is 2.74. The number of nitrogens with zero attached hydrogens (tertiary/aromatic N) is 2. The van der Waals surface area contributed by atoms with Crippen LogP contribution in [0.1, 0.15) is 0 Å². The summed E-state index contributed by atoms with van der Waals surface area (Å²) < 4.78 is 39.4. The lowest BCUT2D eigenvalue weighted by Gasteiger charge is -2.08. The number of hydrogen-bond donors (Lipinski definition) is 0. The molecule has 0 unspecified atom stereocenters. The van der Waals surface area contributed by atoms with Gasteiger partial charge in [0.05, 0.1) is 5.52 Å². The fraction of sp³-hybridized carbons (Fsp3) is 0.111. The minimum absolute atomic E-state index is 0.304. The van der Waals surface area contributed by atoms with E-state index in [0.29, 0.717) is 10.9 Å². The van der Waals surface area contributed by atoms with Crippen molar-refractivity contribution in [2.24, 2.45) is 0 Å². The van der Waals surface area contributed by atoms with Gasteiger partial charge in [-0.25, -0.2) is 9.97 Å². The maximum absolute atomic E-state index is 11.9. The van der Waals surface area contributed by atoms with Crippen LogP contribution in [0.4, 0.5) is 13.2 Å². The summed E-state index contributed by atoms with van der Waals surface area (Å²) in [7, 11) is 0. The number of halogens is 3. The van der Waals surface area contributed by atoms with E-state index in [2.05, 4.69) is 21.0 Å². The molecule has 0 atom stereocenters.